The molecule has 27 heavy (non-hydrogen) atoms. The molecule has 1 aliphatic rings. The Kier molecular flexibility index (Phi) is 5.03. The number of carbonyl (C=O) groups excluding carboxylic acids is 3. The molecule has 0 bridgehead atoms. The van der Waals surface area contributed by atoms with Gasteiger partial charge in [-0.05, 0) is 48.4 Å². The molecule has 0 unspecified atom stereocenters. The highest BCUT2D eigenvalue weighted by atomic mass is 19.1. The van der Waals surface area contributed by atoms with Crippen LogP contribution in [0.3, 0.4) is 0 Å². The van der Waals surface area contributed by atoms with Gasteiger partial charge in [0.2, 0.25) is 0 Å². The van der Waals surface area contributed by atoms with E-state index >= 15 is 0 Å². The molecule has 0 atom stereocenters. The SMILES string of the molecule is CCCOC(=O)c1ccc(N2C(=O)C(O)=C(c3ccc(F)cc3)C2=O)cc1. The maximum Gasteiger partial charge on any atom is 0.338 e. The van der Waals surface area contributed by atoms with Crippen molar-refractivity contribution in [1.82, 2.24) is 0 Å². The molecule has 0 saturated carbocycles. The largest absolute Gasteiger partial charge is 0.502 e. The molecule has 0 aliphatic carbocycles. The van der Waals surface area contributed by atoms with Crippen LogP contribution in [-0.4, -0.2) is 29.5 Å². The molecule has 1 aliphatic heterocycles. The number of hydrogen-bond donors (Lipinski definition) is 1. The van der Waals surface area contributed by atoms with Crippen molar-refractivity contribution in [2.24, 2.45) is 0 Å². The van der Waals surface area contributed by atoms with Gasteiger partial charge in [0.1, 0.15) is 5.82 Å². The maximum atomic E-state index is 13.1. The summed E-state index contributed by atoms with van der Waals surface area (Å²) in [4.78, 5) is 37.7. The van der Waals surface area contributed by atoms with Crippen molar-refractivity contribution >= 4 is 29.0 Å². The second-order valence-corrected chi connectivity index (χ2v) is 5.86. The first-order valence-corrected chi connectivity index (χ1v) is 8.29. The lowest BCUT2D eigenvalue weighted by Gasteiger charge is -2.15. The summed E-state index contributed by atoms with van der Waals surface area (Å²) < 4.78 is 18.1. The zero-order chi connectivity index (χ0) is 19.6. The quantitative estimate of drug-likeness (QED) is 0.646. The zero-order valence-corrected chi connectivity index (χ0v) is 14.4. The number of aliphatic hydroxyl groups is 1. The van der Waals surface area contributed by atoms with Crippen LogP contribution in [0.4, 0.5) is 10.1 Å². The fourth-order valence-electron chi connectivity index (χ4n) is 2.65. The van der Waals surface area contributed by atoms with Gasteiger partial charge in [-0.3, -0.25) is 9.59 Å². The Morgan fingerprint density at radius 3 is 2.26 bits per heavy atom. The molecular weight excluding hydrogens is 353 g/mol. The van der Waals surface area contributed by atoms with E-state index in [1.54, 1.807) is 0 Å². The van der Waals surface area contributed by atoms with E-state index in [1.165, 1.54) is 36.4 Å². The maximum absolute atomic E-state index is 13.1. The highest BCUT2D eigenvalue weighted by Gasteiger charge is 2.40. The Bertz CT molecular complexity index is 932. The molecule has 0 radical (unpaired) electrons. The molecule has 0 fully saturated rings. The number of rotatable bonds is 5. The van der Waals surface area contributed by atoms with Gasteiger partial charge in [-0.1, -0.05) is 19.1 Å². The molecule has 3 rings (SSSR count). The van der Waals surface area contributed by atoms with Gasteiger partial charge in [-0.25, -0.2) is 14.1 Å². The lowest BCUT2D eigenvalue weighted by Crippen LogP contribution is -2.31. The molecule has 1 N–H and O–H groups in total. The van der Waals surface area contributed by atoms with E-state index in [4.69, 9.17) is 4.74 Å². The van der Waals surface area contributed by atoms with E-state index in [0.717, 1.165) is 17.0 Å². The number of anilines is 1. The average molecular weight is 369 g/mol. The van der Waals surface area contributed by atoms with Gasteiger partial charge in [0, 0.05) is 0 Å². The number of imide groups is 1. The molecule has 2 aromatic carbocycles. The van der Waals surface area contributed by atoms with Crippen LogP contribution >= 0.6 is 0 Å². The second kappa shape index (κ2) is 7.41. The first-order chi connectivity index (χ1) is 12.9. The van der Waals surface area contributed by atoms with E-state index in [0.29, 0.717) is 13.0 Å². The third-order valence-corrected chi connectivity index (χ3v) is 3.99. The van der Waals surface area contributed by atoms with Crippen molar-refractivity contribution in [1.29, 1.82) is 0 Å². The van der Waals surface area contributed by atoms with Gasteiger partial charge in [0.05, 0.1) is 23.4 Å². The van der Waals surface area contributed by atoms with Crippen molar-refractivity contribution in [3.05, 3.63) is 71.2 Å². The smallest absolute Gasteiger partial charge is 0.338 e. The monoisotopic (exact) mass is 369 g/mol. The summed E-state index contributed by atoms with van der Waals surface area (Å²) >= 11 is 0. The molecule has 0 aromatic heterocycles. The standard InChI is InChI=1S/C20H16FNO5/c1-2-11-27-20(26)13-5-9-15(10-6-13)22-18(24)16(17(23)19(22)25)12-3-7-14(21)8-4-12/h3-10,23H,2,11H2,1H3. The summed E-state index contributed by atoms with van der Waals surface area (Å²) in [5, 5.41) is 10.1. The lowest BCUT2D eigenvalue weighted by molar-refractivity contribution is -0.121. The highest BCUT2D eigenvalue weighted by Crippen LogP contribution is 2.32. The first kappa shape index (κ1) is 18.3. The molecule has 2 amide bonds. The van der Waals surface area contributed by atoms with E-state index < -0.39 is 29.4 Å². The second-order valence-electron chi connectivity index (χ2n) is 5.86. The Morgan fingerprint density at radius 2 is 1.67 bits per heavy atom. The molecule has 138 valence electrons. The Balaban J connectivity index is 1.86. The third-order valence-electron chi connectivity index (χ3n) is 3.99. The van der Waals surface area contributed by atoms with Gasteiger partial charge >= 0.3 is 11.9 Å². The van der Waals surface area contributed by atoms with E-state index in [-0.39, 0.29) is 22.4 Å². The first-order valence-electron chi connectivity index (χ1n) is 8.29. The molecule has 6 nitrogen and oxygen atoms in total. The van der Waals surface area contributed by atoms with Crippen LogP contribution in [0.5, 0.6) is 0 Å². The van der Waals surface area contributed by atoms with Crippen molar-refractivity contribution < 1.29 is 28.6 Å². The van der Waals surface area contributed by atoms with Crippen LogP contribution in [0, 0.1) is 5.82 Å². The number of amides is 2. The van der Waals surface area contributed by atoms with Crippen LogP contribution in [0.1, 0.15) is 29.3 Å². The number of hydrogen-bond acceptors (Lipinski definition) is 5. The molecule has 7 heteroatoms. The van der Waals surface area contributed by atoms with Crippen LogP contribution in [0.2, 0.25) is 0 Å². The van der Waals surface area contributed by atoms with Gasteiger partial charge in [-0.15, -0.1) is 0 Å². The lowest BCUT2D eigenvalue weighted by atomic mass is 10.1. The van der Waals surface area contributed by atoms with Crippen molar-refractivity contribution in [2.75, 3.05) is 11.5 Å². The van der Waals surface area contributed by atoms with E-state index in [1.807, 2.05) is 6.92 Å². The predicted molar refractivity (Wildman–Crippen MR) is 95.5 cm³/mol. The van der Waals surface area contributed by atoms with E-state index in [9.17, 15) is 23.9 Å². The number of esters is 1. The number of nitrogens with zero attached hydrogens (tertiary/aromatic N) is 1. The molecule has 0 spiro atoms. The Hall–Kier alpha value is -3.48. The summed E-state index contributed by atoms with van der Waals surface area (Å²) in [6.07, 6.45) is 0.692. The molecule has 1 heterocycles. The normalized spacial score (nSPS) is 14.1. The van der Waals surface area contributed by atoms with Crippen LogP contribution in [0.25, 0.3) is 5.57 Å². The number of ether oxygens (including phenoxy) is 1. The minimum atomic E-state index is -0.888. The number of carbonyl (C=O) groups is 3. The number of halogens is 1. The van der Waals surface area contributed by atoms with Gasteiger partial charge in [-0.2, -0.15) is 0 Å². The Morgan fingerprint density at radius 1 is 1.04 bits per heavy atom. The van der Waals surface area contributed by atoms with Crippen molar-refractivity contribution in [3.8, 4) is 0 Å². The fourth-order valence-corrected chi connectivity index (χ4v) is 2.65. The van der Waals surface area contributed by atoms with Crippen LogP contribution in [0.15, 0.2) is 54.3 Å². The number of aliphatic hydroxyl groups excluding tert-OH is 1. The summed E-state index contributed by atoms with van der Waals surface area (Å²) in [5.74, 6) is -3.34. The highest BCUT2D eigenvalue weighted by molar-refractivity contribution is 6.44. The van der Waals surface area contributed by atoms with E-state index in [2.05, 4.69) is 0 Å². The minimum absolute atomic E-state index is 0.195. The topological polar surface area (TPSA) is 83.9 Å². The van der Waals surface area contributed by atoms with Crippen LogP contribution < -0.4 is 4.90 Å². The summed E-state index contributed by atoms with van der Waals surface area (Å²) in [6.45, 7) is 2.17. The summed E-state index contributed by atoms with van der Waals surface area (Å²) in [7, 11) is 0. The van der Waals surface area contributed by atoms with Crippen molar-refractivity contribution in [3.63, 3.8) is 0 Å². The molecular formula is C20H16FNO5. The van der Waals surface area contributed by atoms with Crippen LogP contribution in [-0.2, 0) is 14.3 Å². The minimum Gasteiger partial charge on any atom is -0.502 e. The summed E-state index contributed by atoms with van der Waals surface area (Å²) in [5.41, 5.74) is 0.504. The Labute approximate surface area is 154 Å². The van der Waals surface area contributed by atoms with Gasteiger partial charge in [0.25, 0.3) is 5.91 Å². The average Bonchev–Trinajstić information content (AvgIpc) is 2.90. The number of benzene rings is 2. The van der Waals surface area contributed by atoms with Gasteiger partial charge in [0.15, 0.2) is 5.76 Å². The predicted octanol–water partition coefficient (Wildman–Crippen LogP) is 3.24. The van der Waals surface area contributed by atoms with Crippen molar-refractivity contribution in [2.45, 2.75) is 13.3 Å². The van der Waals surface area contributed by atoms with Gasteiger partial charge < -0.3 is 9.84 Å². The molecule has 2 aromatic rings. The fraction of sp³-hybridized carbons (Fsp3) is 0.150. The molecule has 0 saturated heterocycles. The summed E-state index contributed by atoms with van der Waals surface area (Å²) in [6, 6.07) is 10.6. The zero-order valence-electron chi connectivity index (χ0n) is 14.4. The third kappa shape index (κ3) is 3.44.